The molecule has 0 radical (unpaired) electrons. The molecule has 6 aliphatic rings. The fourth-order valence-electron chi connectivity index (χ4n) is 6.84. The Balaban J connectivity index is -0.000000134. The molecule has 6 rings (SSSR count). The molecule has 17 N–H and O–H groups in total. The van der Waals surface area contributed by atoms with Crippen molar-refractivity contribution in [3.8, 4) is 0 Å². The van der Waals surface area contributed by atoms with E-state index in [1.807, 2.05) is 0 Å². The number of hydrogen-bond acceptors (Lipinski definition) is 2. The fourth-order valence-corrected chi connectivity index (χ4v) is 13.8. The summed E-state index contributed by atoms with van der Waals surface area (Å²) in [7, 11) is -4.72. The molecule has 0 amide bonds. The molecule has 0 saturated carbocycles. The van der Waals surface area contributed by atoms with Crippen molar-refractivity contribution in [2.75, 3.05) is 78.5 Å². The van der Waals surface area contributed by atoms with E-state index in [1.165, 1.54) is 77.0 Å². The van der Waals surface area contributed by atoms with Crippen LogP contribution in [0.25, 0.3) is 0 Å². The zero-order valence-electron chi connectivity index (χ0n) is 26.2. The summed E-state index contributed by atoms with van der Waals surface area (Å²) in [6, 6.07) is 0. The van der Waals surface area contributed by atoms with E-state index in [9.17, 15) is 9.13 Å². The minimum absolute atomic E-state index is 0. The van der Waals surface area contributed by atoms with Crippen molar-refractivity contribution in [2.24, 2.45) is 0 Å². The van der Waals surface area contributed by atoms with Crippen molar-refractivity contribution in [3.05, 3.63) is 0 Å². The van der Waals surface area contributed by atoms with Gasteiger partial charge in [-0.05, 0) is 77.0 Å². The second-order valence-electron chi connectivity index (χ2n) is 11.0. The van der Waals surface area contributed by atoms with E-state index in [1.54, 1.807) is 0 Å². The third kappa shape index (κ3) is 12.8. The molecule has 6 aliphatic heterocycles. The van der Waals surface area contributed by atoms with Gasteiger partial charge in [0.15, 0.2) is 0 Å². The summed E-state index contributed by atoms with van der Waals surface area (Å²) in [4.78, 5) is 0. The van der Waals surface area contributed by atoms with E-state index in [0.29, 0.717) is 0 Å². The molecular weight excluding hydrogens is 834 g/mol. The van der Waals surface area contributed by atoms with Crippen LogP contribution in [0.4, 0.5) is 0 Å². The predicted octanol–water partition coefficient (Wildman–Crippen LogP) is -9.66. The van der Waals surface area contributed by atoms with Gasteiger partial charge in [-0.3, -0.25) is 9.13 Å². The van der Waals surface area contributed by atoms with Gasteiger partial charge in [0.1, 0.15) is 0 Å². The molecule has 14 nitrogen and oxygen atoms in total. The zero-order valence-corrected chi connectivity index (χ0v) is 32.2. The fraction of sp³-hybridized carbons (Fsp3) is 1.00. The Morgan fingerprint density at radius 3 is 0.477 bits per heavy atom. The SMILES string of the molecule is O.O=P(N1CCCC1)(N1CCCC1)N1CCCC1.O=P(N1CCCC1)(N1CCCC1)N1CCCC1.[Cl-].[Cl-].[Cl-].[Ho+3].[OH3+].[OH3+].[OH3+].[OH3+].[OH3+]. The summed E-state index contributed by atoms with van der Waals surface area (Å²) < 4.78 is 41.1. The molecule has 44 heavy (non-hydrogen) atoms. The first kappa shape index (κ1) is 58.3. The van der Waals surface area contributed by atoms with Crippen molar-refractivity contribution < 1.29 is 117 Å². The van der Waals surface area contributed by atoms with Gasteiger partial charge in [0, 0.05) is 78.5 Å². The number of halogens is 3. The Morgan fingerprint density at radius 2 is 0.386 bits per heavy atom. The van der Waals surface area contributed by atoms with E-state index < -0.39 is 15.2 Å². The van der Waals surface area contributed by atoms with Crippen LogP contribution < -0.4 is 37.2 Å². The number of hydrogen-bond donors (Lipinski definition) is 0. The number of rotatable bonds is 6. The van der Waals surface area contributed by atoms with E-state index in [-0.39, 0.29) is 108 Å². The first-order chi connectivity index (χ1) is 16.6. The zero-order chi connectivity index (χ0) is 23.4. The van der Waals surface area contributed by atoms with Crippen LogP contribution >= 0.6 is 15.2 Å². The molecule has 0 bridgehead atoms. The topological polar surface area (TPSA) is 250 Å². The Bertz CT molecular complexity index is 617. The van der Waals surface area contributed by atoms with Gasteiger partial charge in [0.05, 0.1) is 0 Å². The van der Waals surface area contributed by atoms with Gasteiger partial charge >= 0.3 is 37.7 Å². The van der Waals surface area contributed by atoms with Gasteiger partial charge in [0.25, 0.3) is 15.2 Å². The molecule has 6 heterocycles. The monoisotopic (exact) mass is 897 g/mol. The molecule has 0 aliphatic carbocycles. The van der Waals surface area contributed by atoms with Gasteiger partial charge in [-0.1, -0.05) is 0 Å². The van der Waals surface area contributed by atoms with Crippen LogP contribution in [0.3, 0.4) is 0 Å². The molecule has 276 valence electrons. The second kappa shape index (κ2) is 27.9. The first-order valence-electron chi connectivity index (χ1n) is 14.4. The molecule has 6 fully saturated rings. The van der Waals surface area contributed by atoms with Crippen LogP contribution in [-0.2, 0) is 36.5 Å². The largest absolute Gasteiger partial charge is 3.00 e. The molecule has 0 unspecified atom stereocenters. The molecule has 6 saturated heterocycles. The van der Waals surface area contributed by atoms with Crippen molar-refractivity contribution in [1.29, 1.82) is 0 Å². The summed E-state index contributed by atoms with van der Waals surface area (Å²) in [5, 5.41) is 0. The smallest absolute Gasteiger partial charge is 1.00 e. The third-order valence-corrected chi connectivity index (χ3v) is 15.5. The Labute approximate surface area is 313 Å². The molecular formula is C24H65Cl3HoN6O8P2+5. The van der Waals surface area contributed by atoms with Crippen LogP contribution in [0.15, 0.2) is 0 Å². The molecule has 20 heteroatoms. The third-order valence-electron chi connectivity index (χ3n) is 8.71. The molecule has 0 atom stereocenters. The quantitative estimate of drug-likeness (QED) is 0.140. The van der Waals surface area contributed by atoms with Crippen molar-refractivity contribution in [3.63, 3.8) is 0 Å². The maximum Gasteiger partial charge on any atom is 3.00 e. The summed E-state index contributed by atoms with van der Waals surface area (Å²) in [6.07, 6.45) is 14.7. The minimum atomic E-state index is -2.36. The van der Waals surface area contributed by atoms with E-state index in [0.717, 1.165) is 78.5 Å². The minimum Gasteiger partial charge on any atom is -1.00 e. The molecule has 0 aromatic carbocycles. The van der Waals surface area contributed by atoms with Gasteiger partial charge in [-0.25, -0.2) is 28.0 Å². The van der Waals surface area contributed by atoms with Crippen LogP contribution in [0, 0.1) is 37.7 Å². The summed E-state index contributed by atoms with van der Waals surface area (Å²) >= 11 is 0. The maximum absolute atomic E-state index is 13.6. The van der Waals surface area contributed by atoms with Gasteiger partial charge in [0.2, 0.25) is 0 Å². The summed E-state index contributed by atoms with van der Waals surface area (Å²) in [5.74, 6) is 0. The molecule has 0 aromatic rings. The van der Waals surface area contributed by atoms with Gasteiger partial charge < -0.3 is 70.1 Å². The Kier molecular flexibility index (Phi) is 37.0. The Morgan fingerprint density at radius 1 is 0.295 bits per heavy atom. The predicted molar refractivity (Wildman–Crippen MR) is 168 cm³/mol. The van der Waals surface area contributed by atoms with E-state index >= 15 is 0 Å². The summed E-state index contributed by atoms with van der Waals surface area (Å²) in [5.41, 5.74) is 0. The van der Waals surface area contributed by atoms with E-state index in [2.05, 4.69) is 28.0 Å². The van der Waals surface area contributed by atoms with Crippen LogP contribution in [0.5, 0.6) is 0 Å². The van der Waals surface area contributed by atoms with Crippen molar-refractivity contribution >= 4 is 15.2 Å². The average molecular weight is 899 g/mol. The normalized spacial score (nSPS) is 22.7. The van der Waals surface area contributed by atoms with Crippen LogP contribution in [-0.4, -0.2) is 112 Å². The standard InChI is InChI=1S/2C12H24N3OP.3ClH.Ho.6H2O/c2*16-17(13-7-1-2-8-13,14-9-3-4-10-14)15-11-5-6-12-15;;;;;;;;;;/h2*1-12H2;3*1H;;6*1H2/q;;;;;+3;;;;;;/p+2. The number of nitrogens with zero attached hydrogens (tertiary/aromatic N) is 6. The average Bonchev–Trinajstić information content (AvgIpc) is 3.76. The van der Waals surface area contributed by atoms with Crippen LogP contribution in [0.1, 0.15) is 77.0 Å². The maximum atomic E-state index is 13.6. The second-order valence-corrected chi connectivity index (χ2v) is 16.4. The van der Waals surface area contributed by atoms with Gasteiger partial charge in [-0.2, -0.15) is 0 Å². The van der Waals surface area contributed by atoms with Crippen molar-refractivity contribution in [1.82, 2.24) is 28.0 Å². The van der Waals surface area contributed by atoms with Crippen LogP contribution in [0.2, 0.25) is 0 Å². The van der Waals surface area contributed by atoms with Crippen molar-refractivity contribution in [2.45, 2.75) is 77.0 Å². The molecule has 0 spiro atoms. The first-order valence-corrected chi connectivity index (χ1v) is 17.5. The summed E-state index contributed by atoms with van der Waals surface area (Å²) in [6.45, 7) is 12.6. The van der Waals surface area contributed by atoms with E-state index in [4.69, 9.17) is 0 Å². The molecule has 0 aromatic heterocycles. The Hall–Kier alpha value is 2.11. The van der Waals surface area contributed by atoms with Gasteiger partial charge in [-0.15, -0.1) is 0 Å².